The van der Waals surface area contributed by atoms with Gasteiger partial charge in [-0.3, -0.25) is 0 Å². The summed E-state index contributed by atoms with van der Waals surface area (Å²) in [4.78, 5) is 0. The summed E-state index contributed by atoms with van der Waals surface area (Å²) in [5, 5.41) is 4.67. The Morgan fingerprint density at radius 3 is 2.79 bits per heavy atom. The molecule has 0 radical (unpaired) electrons. The first-order valence-corrected chi connectivity index (χ1v) is 4.44. The van der Waals surface area contributed by atoms with Gasteiger partial charge in [-0.05, 0) is 12.0 Å². The standard InChI is InChI=1S/C10H11FN2O/c1-5(2)10-6-3-8(12)7(11)4-9(6)14-13-10/h3-5H,12H2,1-2H3. The van der Waals surface area contributed by atoms with Gasteiger partial charge in [0.1, 0.15) is 5.82 Å². The maximum absolute atomic E-state index is 13.0. The Morgan fingerprint density at radius 2 is 2.14 bits per heavy atom. The van der Waals surface area contributed by atoms with Crippen LogP contribution in [-0.4, -0.2) is 5.16 Å². The predicted molar refractivity (Wildman–Crippen MR) is 52.5 cm³/mol. The third-order valence-electron chi connectivity index (χ3n) is 2.16. The molecule has 0 saturated heterocycles. The van der Waals surface area contributed by atoms with Crippen molar-refractivity contribution >= 4 is 16.7 Å². The second-order valence-electron chi connectivity index (χ2n) is 3.59. The summed E-state index contributed by atoms with van der Waals surface area (Å²) in [5.41, 5.74) is 6.85. The van der Waals surface area contributed by atoms with Crippen molar-refractivity contribution in [1.29, 1.82) is 0 Å². The quantitative estimate of drug-likeness (QED) is 0.710. The molecule has 0 spiro atoms. The fraction of sp³-hybridized carbons (Fsp3) is 0.300. The average Bonchev–Trinajstić information content (AvgIpc) is 2.48. The minimum Gasteiger partial charge on any atom is -0.396 e. The van der Waals surface area contributed by atoms with Gasteiger partial charge in [-0.1, -0.05) is 19.0 Å². The van der Waals surface area contributed by atoms with E-state index in [2.05, 4.69) is 5.16 Å². The van der Waals surface area contributed by atoms with Crippen molar-refractivity contribution < 1.29 is 8.91 Å². The Morgan fingerprint density at radius 1 is 1.43 bits per heavy atom. The predicted octanol–water partition coefficient (Wildman–Crippen LogP) is 2.67. The normalized spacial score (nSPS) is 11.4. The molecule has 0 amide bonds. The highest BCUT2D eigenvalue weighted by atomic mass is 19.1. The summed E-state index contributed by atoms with van der Waals surface area (Å²) in [5.74, 6) is -0.231. The smallest absolute Gasteiger partial charge is 0.170 e. The molecule has 2 N–H and O–H groups in total. The minimum absolute atomic E-state index is 0.127. The average molecular weight is 194 g/mol. The molecule has 0 atom stereocenters. The van der Waals surface area contributed by atoms with Crippen LogP contribution in [0, 0.1) is 5.82 Å². The van der Waals surface area contributed by atoms with Gasteiger partial charge in [0.25, 0.3) is 0 Å². The van der Waals surface area contributed by atoms with Crippen LogP contribution in [0.15, 0.2) is 16.7 Å². The van der Waals surface area contributed by atoms with E-state index >= 15 is 0 Å². The van der Waals surface area contributed by atoms with Crippen molar-refractivity contribution in [2.75, 3.05) is 5.73 Å². The molecule has 74 valence electrons. The maximum atomic E-state index is 13.0. The van der Waals surface area contributed by atoms with Gasteiger partial charge in [0.05, 0.1) is 11.4 Å². The minimum atomic E-state index is -0.469. The highest BCUT2D eigenvalue weighted by Gasteiger charge is 2.13. The molecule has 4 heteroatoms. The van der Waals surface area contributed by atoms with E-state index in [-0.39, 0.29) is 11.6 Å². The van der Waals surface area contributed by atoms with Gasteiger partial charge in [-0.2, -0.15) is 0 Å². The lowest BCUT2D eigenvalue weighted by Crippen LogP contribution is -1.91. The lowest BCUT2D eigenvalue weighted by molar-refractivity contribution is 0.440. The van der Waals surface area contributed by atoms with Crippen molar-refractivity contribution in [3.8, 4) is 0 Å². The summed E-state index contributed by atoms with van der Waals surface area (Å²) in [6.07, 6.45) is 0. The van der Waals surface area contributed by atoms with Crippen LogP contribution in [0.25, 0.3) is 11.0 Å². The molecule has 14 heavy (non-hydrogen) atoms. The Bertz CT molecular complexity index is 476. The van der Waals surface area contributed by atoms with E-state index in [1.54, 1.807) is 6.07 Å². The van der Waals surface area contributed by atoms with Gasteiger partial charge >= 0.3 is 0 Å². The molecule has 2 rings (SSSR count). The second-order valence-corrected chi connectivity index (χ2v) is 3.59. The van der Waals surface area contributed by atoms with Crippen LogP contribution in [0.4, 0.5) is 10.1 Å². The molecule has 0 saturated carbocycles. The van der Waals surface area contributed by atoms with Gasteiger partial charge in [0, 0.05) is 11.5 Å². The summed E-state index contributed by atoms with van der Waals surface area (Å²) in [7, 11) is 0. The van der Waals surface area contributed by atoms with Gasteiger partial charge in [0.2, 0.25) is 0 Å². The fourth-order valence-corrected chi connectivity index (χ4v) is 1.41. The van der Waals surface area contributed by atoms with Crippen molar-refractivity contribution in [2.24, 2.45) is 0 Å². The number of nitrogens with two attached hydrogens (primary N) is 1. The molecule has 1 heterocycles. The third-order valence-corrected chi connectivity index (χ3v) is 2.16. The zero-order valence-corrected chi connectivity index (χ0v) is 8.04. The van der Waals surface area contributed by atoms with E-state index in [0.717, 1.165) is 11.1 Å². The maximum Gasteiger partial charge on any atom is 0.170 e. The molecule has 1 aromatic heterocycles. The van der Waals surface area contributed by atoms with Crippen molar-refractivity contribution in [3.05, 3.63) is 23.6 Å². The van der Waals surface area contributed by atoms with Crippen LogP contribution in [0.2, 0.25) is 0 Å². The third kappa shape index (κ3) is 1.23. The lowest BCUT2D eigenvalue weighted by Gasteiger charge is -1.99. The zero-order chi connectivity index (χ0) is 10.3. The number of anilines is 1. The molecule has 0 fully saturated rings. The van der Waals surface area contributed by atoms with Crippen LogP contribution >= 0.6 is 0 Å². The zero-order valence-electron chi connectivity index (χ0n) is 8.04. The Labute approximate surface area is 80.7 Å². The van der Waals surface area contributed by atoms with E-state index in [0.29, 0.717) is 5.58 Å². The van der Waals surface area contributed by atoms with Crippen LogP contribution in [0.1, 0.15) is 25.5 Å². The van der Waals surface area contributed by atoms with Gasteiger partial charge < -0.3 is 10.3 Å². The molecule has 0 aliphatic rings. The second kappa shape index (κ2) is 2.97. The Balaban J connectivity index is 2.74. The summed E-state index contributed by atoms with van der Waals surface area (Å²) in [6.45, 7) is 3.99. The van der Waals surface area contributed by atoms with E-state index in [1.165, 1.54) is 6.07 Å². The van der Waals surface area contributed by atoms with Crippen LogP contribution in [0.3, 0.4) is 0 Å². The highest BCUT2D eigenvalue weighted by molar-refractivity contribution is 5.83. The number of benzene rings is 1. The van der Waals surface area contributed by atoms with Gasteiger partial charge in [-0.15, -0.1) is 0 Å². The van der Waals surface area contributed by atoms with Gasteiger partial charge in [0.15, 0.2) is 5.58 Å². The summed E-state index contributed by atoms with van der Waals surface area (Å²) in [6, 6.07) is 2.83. The van der Waals surface area contributed by atoms with Crippen molar-refractivity contribution in [1.82, 2.24) is 5.16 Å². The Hall–Kier alpha value is -1.58. The molecular formula is C10H11FN2O. The molecule has 0 unspecified atom stereocenters. The van der Waals surface area contributed by atoms with Crippen LogP contribution in [0.5, 0.6) is 0 Å². The number of rotatable bonds is 1. The number of halogens is 1. The number of aromatic nitrogens is 1. The number of nitrogen functional groups attached to an aromatic ring is 1. The summed E-state index contributed by atoms with van der Waals surface area (Å²) < 4.78 is 18.0. The van der Waals surface area contributed by atoms with Crippen molar-refractivity contribution in [2.45, 2.75) is 19.8 Å². The molecule has 0 bridgehead atoms. The first kappa shape index (κ1) is 8.99. The molecule has 3 nitrogen and oxygen atoms in total. The summed E-state index contributed by atoms with van der Waals surface area (Å²) >= 11 is 0. The van der Waals surface area contributed by atoms with E-state index in [4.69, 9.17) is 10.3 Å². The lowest BCUT2D eigenvalue weighted by atomic mass is 10.1. The Kier molecular flexibility index (Phi) is 1.91. The molecule has 0 aliphatic heterocycles. The number of fused-ring (bicyclic) bond motifs is 1. The van der Waals surface area contributed by atoms with Gasteiger partial charge in [-0.25, -0.2) is 4.39 Å². The largest absolute Gasteiger partial charge is 0.396 e. The highest BCUT2D eigenvalue weighted by Crippen LogP contribution is 2.27. The van der Waals surface area contributed by atoms with E-state index in [9.17, 15) is 4.39 Å². The van der Waals surface area contributed by atoms with E-state index < -0.39 is 5.82 Å². The first-order chi connectivity index (χ1) is 6.59. The van der Waals surface area contributed by atoms with E-state index in [1.807, 2.05) is 13.8 Å². The number of hydrogen-bond donors (Lipinski definition) is 1. The van der Waals surface area contributed by atoms with Crippen molar-refractivity contribution in [3.63, 3.8) is 0 Å². The fourth-order valence-electron chi connectivity index (χ4n) is 1.41. The number of hydrogen-bond acceptors (Lipinski definition) is 3. The first-order valence-electron chi connectivity index (χ1n) is 4.44. The van der Waals surface area contributed by atoms with Crippen LogP contribution in [-0.2, 0) is 0 Å². The van der Waals surface area contributed by atoms with Crippen LogP contribution < -0.4 is 5.73 Å². The number of nitrogens with zero attached hydrogens (tertiary/aromatic N) is 1. The molecular weight excluding hydrogens is 183 g/mol. The monoisotopic (exact) mass is 194 g/mol. The SMILES string of the molecule is CC(C)c1noc2cc(F)c(N)cc12. The molecule has 1 aromatic carbocycles. The topological polar surface area (TPSA) is 52.0 Å². The molecule has 2 aromatic rings. The molecule has 0 aliphatic carbocycles.